The summed E-state index contributed by atoms with van der Waals surface area (Å²) in [5, 5.41) is 0. The van der Waals surface area contributed by atoms with Crippen LogP contribution in [0.3, 0.4) is 0 Å². The van der Waals surface area contributed by atoms with Gasteiger partial charge in [0.1, 0.15) is 0 Å². The summed E-state index contributed by atoms with van der Waals surface area (Å²) in [6.07, 6.45) is 9.47. The molecule has 5 rings (SSSR count). The lowest BCUT2D eigenvalue weighted by atomic mass is 9.49. The second kappa shape index (κ2) is 4.72. The molecule has 0 aromatic carbocycles. The molecular formula is C17H26N2O2. The molecule has 0 spiro atoms. The smallest absolute Gasteiger partial charge is 0.241 e. The average molecular weight is 290 g/mol. The molecule has 5 saturated carbocycles. The number of hydrogen-bond donors (Lipinski definition) is 2. The minimum Gasteiger partial charge on any atom is -0.273 e. The Morgan fingerprint density at radius 1 is 0.952 bits per heavy atom. The predicted molar refractivity (Wildman–Crippen MR) is 78.8 cm³/mol. The molecule has 5 aliphatic rings. The highest BCUT2D eigenvalue weighted by atomic mass is 16.2. The molecule has 0 saturated heterocycles. The van der Waals surface area contributed by atoms with Gasteiger partial charge in [-0.1, -0.05) is 6.92 Å². The van der Waals surface area contributed by atoms with Crippen LogP contribution in [-0.2, 0) is 9.59 Å². The van der Waals surface area contributed by atoms with Crippen LogP contribution in [0.5, 0.6) is 0 Å². The van der Waals surface area contributed by atoms with Crippen molar-refractivity contribution in [3.63, 3.8) is 0 Å². The number of amides is 2. The molecule has 2 N–H and O–H groups in total. The summed E-state index contributed by atoms with van der Waals surface area (Å²) in [7, 11) is 0. The van der Waals surface area contributed by atoms with Crippen molar-refractivity contribution < 1.29 is 9.59 Å². The van der Waals surface area contributed by atoms with Crippen LogP contribution in [0.15, 0.2) is 0 Å². The summed E-state index contributed by atoms with van der Waals surface area (Å²) in [5.74, 6) is 3.19. The number of nitrogens with one attached hydrogen (secondary N) is 2. The maximum atomic E-state index is 12.2. The number of hydrazine groups is 1. The van der Waals surface area contributed by atoms with Crippen LogP contribution in [0.2, 0.25) is 0 Å². The van der Waals surface area contributed by atoms with Gasteiger partial charge in [-0.3, -0.25) is 20.4 Å². The molecule has 5 aliphatic carbocycles. The van der Waals surface area contributed by atoms with Crippen molar-refractivity contribution in [3.8, 4) is 0 Å². The van der Waals surface area contributed by atoms with E-state index in [9.17, 15) is 9.59 Å². The largest absolute Gasteiger partial charge is 0.273 e. The van der Waals surface area contributed by atoms with E-state index < -0.39 is 0 Å². The summed E-state index contributed by atoms with van der Waals surface area (Å²) < 4.78 is 0. The maximum absolute atomic E-state index is 12.2. The minimum atomic E-state index is -0.0126. The third-order valence-electron chi connectivity index (χ3n) is 6.47. The molecule has 2 unspecified atom stereocenters. The lowest BCUT2D eigenvalue weighted by Crippen LogP contribution is -2.50. The molecule has 0 aliphatic heterocycles. The van der Waals surface area contributed by atoms with E-state index in [0.29, 0.717) is 12.3 Å². The first kappa shape index (κ1) is 13.6. The highest BCUT2D eigenvalue weighted by Crippen LogP contribution is 2.61. The topological polar surface area (TPSA) is 58.2 Å². The quantitative estimate of drug-likeness (QED) is 0.784. The first-order valence-electron chi connectivity index (χ1n) is 8.62. The Hall–Kier alpha value is -1.06. The zero-order valence-electron chi connectivity index (χ0n) is 12.9. The molecule has 4 bridgehead atoms. The van der Waals surface area contributed by atoms with E-state index >= 15 is 0 Å². The molecule has 5 fully saturated rings. The summed E-state index contributed by atoms with van der Waals surface area (Å²) in [4.78, 5) is 24.0. The van der Waals surface area contributed by atoms with Crippen molar-refractivity contribution >= 4 is 11.8 Å². The fraction of sp³-hybridized carbons (Fsp3) is 0.882. The van der Waals surface area contributed by atoms with Gasteiger partial charge in [0.05, 0.1) is 0 Å². The van der Waals surface area contributed by atoms with Gasteiger partial charge in [0.2, 0.25) is 11.8 Å². The Labute approximate surface area is 126 Å². The Kier molecular flexibility index (Phi) is 3.05. The third kappa shape index (κ3) is 2.58. The van der Waals surface area contributed by atoms with Crippen molar-refractivity contribution in [2.45, 2.75) is 58.3 Å². The number of hydrogen-bond acceptors (Lipinski definition) is 2. The van der Waals surface area contributed by atoms with Crippen molar-refractivity contribution in [3.05, 3.63) is 0 Å². The van der Waals surface area contributed by atoms with E-state index in [2.05, 4.69) is 17.8 Å². The molecule has 2 atom stereocenters. The molecule has 116 valence electrons. The van der Waals surface area contributed by atoms with Crippen LogP contribution in [0, 0.1) is 35.0 Å². The Balaban J connectivity index is 1.31. The van der Waals surface area contributed by atoms with Crippen LogP contribution >= 0.6 is 0 Å². The van der Waals surface area contributed by atoms with Gasteiger partial charge in [-0.05, 0) is 74.0 Å². The normalized spacial score (nSPS) is 46.2. The Morgan fingerprint density at radius 2 is 1.48 bits per heavy atom. The van der Waals surface area contributed by atoms with E-state index in [1.165, 1.54) is 38.5 Å². The highest BCUT2D eigenvalue weighted by molar-refractivity contribution is 5.85. The predicted octanol–water partition coefficient (Wildman–Crippen LogP) is 2.40. The summed E-state index contributed by atoms with van der Waals surface area (Å²) in [6.45, 7) is 2.07. The fourth-order valence-corrected chi connectivity index (χ4v) is 5.80. The van der Waals surface area contributed by atoms with Gasteiger partial charge in [-0.15, -0.1) is 0 Å². The zero-order valence-corrected chi connectivity index (χ0v) is 12.9. The van der Waals surface area contributed by atoms with Crippen molar-refractivity contribution in [1.82, 2.24) is 10.9 Å². The number of carbonyl (C=O) groups excluding carboxylic acids is 2. The monoisotopic (exact) mass is 290 g/mol. The fourth-order valence-electron chi connectivity index (χ4n) is 5.80. The average Bonchev–Trinajstić information content (AvgIpc) is 3.11. The molecule has 0 heterocycles. The van der Waals surface area contributed by atoms with Gasteiger partial charge in [-0.25, -0.2) is 0 Å². The summed E-state index contributed by atoms with van der Waals surface area (Å²) in [5.41, 5.74) is 5.53. The van der Waals surface area contributed by atoms with Gasteiger partial charge < -0.3 is 0 Å². The van der Waals surface area contributed by atoms with Crippen molar-refractivity contribution in [2.24, 2.45) is 35.0 Å². The third-order valence-corrected chi connectivity index (χ3v) is 6.47. The molecule has 4 heteroatoms. The van der Waals surface area contributed by atoms with Gasteiger partial charge in [-0.2, -0.15) is 0 Å². The summed E-state index contributed by atoms with van der Waals surface area (Å²) >= 11 is 0. The molecule has 0 aromatic rings. The molecular weight excluding hydrogens is 264 g/mol. The van der Waals surface area contributed by atoms with Gasteiger partial charge >= 0.3 is 0 Å². The number of rotatable bonds is 3. The standard InChI is InChI=1S/C17H26N2O2/c1-10-2-14(10)16(21)19-18-15(20)9-17-6-11-3-12(7-17)5-13(4-11)8-17/h10-14H,2-9H2,1H3,(H,18,20)(H,19,21). The van der Waals surface area contributed by atoms with Crippen LogP contribution < -0.4 is 10.9 Å². The van der Waals surface area contributed by atoms with Gasteiger partial charge in [0, 0.05) is 12.3 Å². The molecule has 2 amide bonds. The lowest BCUT2D eigenvalue weighted by Gasteiger charge is -2.56. The van der Waals surface area contributed by atoms with Crippen molar-refractivity contribution in [2.75, 3.05) is 0 Å². The van der Waals surface area contributed by atoms with E-state index in [4.69, 9.17) is 0 Å². The summed E-state index contributed by atoms with van der Waals surface area (Å²) in [6, 6.07) is 0. The molecule has 21 heavy (non-hydrogen) atoms. The van der Waals surface area contributed by atoms with Crippen LogP contribution in [0.4, 0.5) is 0 Å². The first-order valence-corrected chi connectivity index (χ1v) is 8.62. The molecule has 0 radical (unpaired) electrons. The minimum absolute atomic E-state index is 0.0126. The van der Waals surface area contributed by atoms with Gasteiger partial charge in [0.25, 0.3) is 0 Å². The molecule has 0 aromatic heterocycles. The van der Waals surface area contributed by atoms with E-state index in [0.717, 1.165) is 24.2 Å². The zero-order chi connectivity index (χ0) is 14.6. The molecule has 4 nitrogen and oxygen atoms in total. The van der Waals surface area contributed by atoms with E-state index in [-0.39, 0.29) is 23.1 Å². The van der Waals surface area contributed by atoms with Crippen LogP contribution in [0.1, 0.15) is 58.3 Å². The maximum Gasteiger partial charge on any atom is 0.241 e. The highest BCUT2D eigenvalue weighted by Gasteiger charge is 2.51. The van der Waals surface area contributed by atoms with E-state index in [1.54, 1.807) is 0 Å². The lowest BCUT2D eigenvalue weighted by molar-refractivity contribution is -0.134. The van der Waals surface area contributed by atoms with Crippen LogP contribution in [-0.4, -0.2) is 11.8 Å². The van der Waals surface area contributed by atoms with Crippen LogP contribution in [0.25, 0.3) is 0 Å². The number of carbonyl (C=O) groups is 2. The Morgan fingerprint density at radius 3 is 1.95 bits per heavy atom. The van der Waals surface area contributed by atoms with Crippen molar-refractivity contribution in [1.29, 1.82) is 0 Å². The second-order valence-electron chi connectivity index (χ2n) is 8.45. The SMILES string of the molecule is CC1CC1C(=O)NNC(=O)CC12CC3CC(CC(C3)C1)C2. The second-order valence-corrected chi connectivity index (χ2v) is 8.45. The van der Waals surface area contributed by atoms with Gasteiger partial charge in [0.15, 0.2) is 0 Å². The van der Waals surface area contributed by atoms with E-state index in [1.807, 2.05) is 0 Å². The Bertz CT molecular complexity index is 438. The first-order chi connectivity index (χ1) is 10.0.